The first-order valence-electron chi connectivity index (χ1n) is 8.04. The van der Waals surface area contributed by atoms with E-state index in [4.69, 9.17) is 5.73 Å². The molecule has 18 heavy (non-hydrogen) atoms. The Labute approximate surface area is 115 Å². The van der Waals surface area contributed by atoms with Crippen molar-refractivity contribution in [3.05, 3.63) is 0 Å². The molecule has 1 rings (SSSR count). The van der Waals surface area contributed by atoms with Crippen LogP contribution < -0.4 is 5.73 Å². The van der Waals surface area contributed by atoms with Gasteiger partial charge < -0.3 is 5.73 Å². The Kier molecular flexibility index (Phi) is 6.17. The molecular weight excluding hydrogens is 218 g/mol. The van der Waals surface area contributed by atoms with Gasteiger partial charge in [0, 0.05) is 0 Å². The minimum atomic E-state index is 0.482. The van der Waals surface area contributed by atoms with Crippen molar-refractivity contribution in [1.29, 1.82) is 0 Å². The summed E-state index contributed by atoms with van der Waals surface area (Å²) in [6.07, 6.45) is 8.37. The van der Waals surface area contributed by atoms with E-state index in [9.17, 15) is 0 Å². The van der Waals surface area contributed by atoms with Crippen LogP contribution in [-0.2, 0) is 0 Å². The van der Waals surface area contributed by atoms with Gasteiger partial charge in [0.05, 0.1) is 0 Å². The molecule has 0 saturated heterocycles. The summed E-state index contributed by atoms with van der Waals surface area (Å²) in [7, 11) is 0. The zero-order chi connectivity index (χ0) is 13.8. The Bertz CT molecular complexity index is 226. The number of hydrogen-bond acceptors (Lipinski definition) is 1. The summed E-state index contributed by atoms with van der Waals surface area (Å²) in [5.41, 5.74) is 6.46. The minimum Gasteiger partial charge on any atom is -0.330 e. The monoisotopic (exact) mass is 253 g/mol. The second kappa shape index (κ2) is 6.93. The standard InChI is InChI=1S/C17H35N/c1-13(2)7-6-8-14-11-16(17(3,4)5)10-9-15(14)12-18/h13-16H,6-12,18H2,1-5H3. The minimum absolute atomic E-state index is 0.482. The van der Waals surface area contributed by atoms with Crippen molar-refractivity contribution in [3.63, 3.8) is 0 Å². The van der Waals surface area contributed by atoms with Gasteiger partial charge in [-0.3, -0.25) is 0 Å². The molecule has 3 unspecified atom stereocenters. The highest BCUT2D eigenvalue weighted by atomic mass is 14.6. The summed E-state index contributed by atoms with van der Waals surface area (Å²) in [5.74, 6) is 3.45. The first-order chi connectivity index (χ1) is 8.34. The third kappa shape index (κ3) is 4.91. The van der Waals surface area contributed by atoms with E-state index in [0.29, 0.717) is 5.41 Å². The van der Waals surface area contributed by atoms with Crippen LogP contribution in [0.2, 0.25) is 0 Å². The fourth-order valence-electron chi connectivity index (χ4n) is 3.57. The van der Waals surface area contributed by atoms with Crippen LogP contribution in [0.25, 0.3) is 0 Å². The van der Waals surface area contributed by atoms with Crippen molar-refractivity contribution in [1.82, 2.24) is 0 Å². The van der Waals surface area contributed by atoms with Crippen LogP contribution in [-0.4, -0.2) is 6.54 Å². The van der Waals surface area contributed by atoms with Gasteiger partial charge in [0.1, 0.15) is 0 Å². The lowest BCUT2D eigenvalue weighted by Crippen LogP contribution is -2.35. The van der Waals surface area contributed by atoms with Crippen LogP contribution in [0.3, 0.4) is 0 Å². The van der Waals surface area contributed by atoms with E-state index in [1.54, 1.807) is 0 Å². The van der Waals surface area contributed by atoms with Crippen LogP contribution in [0.1, 0.15) is 73.1 Å². The van der Waals surface area contributed by atoms with Gasteiger partial charge in [-0.15, -0.1) is 0 Å². The van der Waals surface area contributed by atoms with Crippen LogP contribution in [0, 0.1) is 29.1 Å². The van der Waals surface area contributed by atoms with Gasteiger partial charge in [0.25, 0.3) is 0 Å². The summed E-state index contributed by atoms with van der Waals surface area (Å²) < 4.78 is 0. The summed E-state index contributed by atoms with van der Waals surface area (Å²) in [4.78, 5) is 0. The van der Waals surface area contributed by atoms with Gasteiger partial charge in [0.15, 0.2) is 0 Å². The molecule has 0 radical (unpaired) electrons. The predicted octanol–water partition coefficient (Wildman–Crippen LogP) is 4.85. The molecule has 0 heterocycles. The molecule has 1 aliphatic rings. The van der Waals surface area contributed by atoms with Crippen molar-refractivity contribution < 1.29 is 0 Å². The maximum atomic E-state index is 5.98. The summed E-state index contributed by atoms with van der Waals surface area (Å²) in [5, 5.41) is 0. The second-order valence-corrected chi connectivity index (χ2v) is 7.96. The Morgan fingerprint density at radius 2 is 1.78 bits per heavy atom. The van der Waals surface area contributed by atoms with E-state index in [0.717, 1.165) is 30.2 Å². The fourth-order valence-corrected chi connectivity index (χ4v) is 3.57. The number of hydrogen-bond donors (Lipinski definition) is 1. The van der Waals surface area contributed by atoms with E-state index >= 15 is 0 Å². The molecule has 0 amide bonds. The van der Waals surface area contributed by atoms with Gasteiger partial charge in [-0.2, -0.15) is 0 Å². The number of rotatable bonds is 5. The Morgan fingerprint density at radius 3 is 2.28 bits per heavy atom. The van der Waals surface area contributed by atoms with Crippen molar-refractivity contribution in [2.75, 3.05) is 6.54 Å². The normalized spacial score (nSPS) is 29.8. The Morgan fingerprint density at radius 1 is 1.11 bits per heavy atom. The molecule has 0 spiro atoms. The predicted molar refractivity (Wildman–Crippen MR) is 81.5 cm³/mol. The van der Waals surface area contributed by atoms with Crippen molar-refractivity contribution in [2.45, 2.75) is 73.1 Å². The van der Waals surface area contributed by atoms with E-state index in [2.05, 4.69) is 34.6 Å². The van der Waals surface area contributed by atoms with Gasteiger partial charge >= 0.3 is 0 Å². The largest absolute Gasteiger partial charge is 0.330 e. The van der Waals surface area contributed by atoms with Gasteiger partial charge in [-0.25, -0.2) is 0 Å². The molecule has 1 fully saturated rings. The van der Waals surface area contributed by atoms with E-state index in [1.165, 1.54) is 38.5 Å². The second-order valence-electron chi connectivity index (χ2n) is 7.96. The fraction of sp³-hybridized carbons (Fsp3) is 1.00. The SMILES string of the molecule is CC(C)CCCC1CC(C(C)(C)C)CCC1CN. The average Bonchev–Trinajstić information content (AvgIpc) is 2.27. The lowest BCUT2D eigenvalue weighted by Gasteiger charge is -2.42. The van der Waals surface area contributed by atoms with Crippen LogP contribution in [0.5, 0.6) is 0 Å². The maximum absolute atomic E-state index is 5.98. The smallest absolute Gasteiger partial charge is 0.00462 e. The molecule has 1 heteroatoms. The molecule has 0 aliphatic heterocycles. The maximum Gasteiger partial charge on any atom is -0.00462 e. The molecule has 0 aromatic rings. The van der Waals surface area contributed by atoms with E-state index < -0.39 is 0 Å². The molecule has 1 nitrogen and oxygen atoms in total. The Balaban J connectivity index is 2.49. The van der Waals surface area contributed by atoms with Crippen LogP contribution in [0.15, 0.2) is 0 Å². The molecule has 1 aliphatic carbocycles. The highest BCUT2D eigenvalue weighted by Crippen LogP contribution is 2.44. The topological polar surface area (TPSA) is 26.0 Å². The zero-order valence-corrected chi connectivity index (χ0v) is 13.3. The zero-order valence-electron chi connectivity index (χ0n) is 13.3. The quantitative estimate of drug-likeness (QED) is 0.744. The van der Waals surface area contributed by atoms with Crippen LogP contribution >= 0.6 is 0 Å². The lowest BCUT2D eigenvalue weighted by molar-refractivity contribution is 0.0944. The van der Waals surface area contributed by atoms with Gasteiger partial charge in [-0.05, 0) is 54.9 Å². The summed E-state index contributed by atoms with van der Waals surface area (Å²) in [6.45, 7) is 12.8. The molecular formula is C17H35N. The molecule has 2 N–H and O–H groups in total. The highest BCUT2D eigenvalue weighted by molar-refractivity contribution is 4.86. The molecule has 108 valence electrons. The molecule has 1 saturated carbocycles. The molecule has 0 bridgehead atoms. The third-order valence-corrected chi connectivity index (χ3v) is 5.02. The lowest BCUT2D eigenvalue weighted by atomic mass is 9.64. The highest BCUT2D eigenvalue weighted by Gasteiger charge is 2.34. The Hall–Kier alpha value is -0.0400. The summed E-state index contributed by atoms with van der Waals surface area (Å²) >= 11 is 0. The van der Waals surface area contributed by atoms with Crippen LogP contribution in [0.4, 0.5) is 0 Å². The summed E-state index contributed by atoms with van der Waals surface area (Å²) in [6, 6.07) is 0. The molecule has 3 atom stereocenters. The third-order valence-electron chi connectivity index (χ3n) is 5.02. The first kappa shape index (κ1) is 16.0. The molecule has 0 aromatic carbocycles. The van der Waals surface area contributed by atoms with E-state index in [-0.39, 0.29) is 0 Å². The van der Waals surface area contributed by atoms with Crippen molar-refractivity contribution in [2.24, 2.45) is 34.8 Å². The van der Waals surface area contributed by atoms with Gasteiger partial charge in [-0.1, -0.05) is 53.9 Å². The van der Waals surface area contributed by atoms with Gasteiger partial charge in [0.2, 0.25) is 0 Å². The molecule has 0 aromatic heterocycles. The van der Waals surface area contributed by atoms with E-state index in [1.807, 2.05) is 0 Å². The average molecular weight is 253 g/mol. The van der Waals surface area contributed by atoms with Crippen molar-refractivity contribution in [3.8, 4) is 0 Å². The first-order valence-corrected chi connectivity index (χ1v) is 8.04. The number of nitrogens with two attached hydrogens (primary N) is 1. The van der Waals surface area contributed by atoms with Crippen molar-refractivity contribution >= 4 is 0 Å².